The highest BCUT2D eigenvalue weighted by Gasteiger charge is 2.17. The number of aromatic hydroxyl groups is 1. The van der Waals surface area contributed by atoms with Crippen molar-refractivity contribution in [2.24, 2.45) is 0 Å². The number of rotatable bonds is 5. The van der Waals surface area contributed by atoms with Crippen molar-refractivity contribution in [3.63, 3.8) is 0 Å². The average molecular weight is 297 g/mol. The second-order valence-corrected chi connectivity index (χ2v) is 5.79. The van der Waals surface area contributed by atoms with E-state index in [0.717, 1.165) is 51.4 Å². The molecule has 0 saturated carbocycles. The van der Waals surface area contributed by atoms with Crippen LogP contribution in [0.5, 0.6) is 5.75 Å². The zero-order valence-electron chi connectivity index (χ0n) is 12.9. The van der Waals surface area contributed by atoms with Crippen LogP contribution in [0.3, 0.4) is 0 Å². The van der Waals surface area contributed by atoms with Gasteiger partial charge in [0.05, 0.1) is 0 Å². The third kappa shape index (κ3) is 3.98. The minimum Gasteiger partial charge on any atom is -0.508 e. The summed E-state index contributed by atoms with van der Waals surface area (Å²) in [6, 6.07) is 13.7. The molecule has 1 aliphatic rings. The van der Waals surface area contributed by atoms with Crippen molar-refractivity contribution in [3.05, 3.63) is 54.2 Å². The number of aromatic nitrogens is 1. The molecule has 1 aromatic carbocycles. The van der Waals surface area contributed by atoms with E-state index < -0.39 is 0 Å². The molecule has 0 atom stereocenters. The van der Waals surface area contributed by atoms with E-state index in [2.05, 4.69) is 26.9 Å². The molecule has 0 radical (unpaired) electrons. The highest BCUT2D eigenvalue weighted by Crippen LogP contribution is 2.15. The standard InChI is InChI=1S/C18H23N3O/c22-17-7-3-5-16(15-17)6-4-10-20-11-13-21(14-12-20)18-8-1-2-9-19-18/h1-3,5,7-9,15,22H,4,6,10-14H2. The summed E-state index contributed by atoms with van der Waals surface area (Å²) in [5.41, 5.74) is 1.21. The lowest BCUT2D eigenvalue weighted by Crippen LogP contribution is -2.46. The number of benzene rings is 1. The summed E-state index contributed by atoms with van der Waals surface area (Å²) in [5.74, 6) is 1.45. The van der Waals surface area contributed by atoms with E-state index in [9.17, 15) is 5.11 Å². The Morgan fingerprint density at radius 3 is 2.59 bits per heavy atom. The van der Waals surface area contributed by atoms with Crippen LogP contribution >= 0.6 is 0 Å². The Morgan fingerprint density at radius 1 is 1.00 bits per heavy atom. The second kappa shape index (κ2) is 7.27. The summed E-state index contributed by atoms with van der Waals surface area (Å²) in [6.45, 7) is 5.39. The predicted molar refractivity (Wildman–Crippen MR) is 89.3 cm³/mol. The van der Waals surface area contributed by atoms with Gasteiger partial charge in [0.1, 0.15) is 11.6 Å². The Bertz CT molecular complexity index is 580. The van der Waals surface area contributed by atoms with Crippen LogP contribution < -0.4 is 4.90 Å². The van der Waals surface area contributed by atoms with E-state index in [4.69, 9.17) is 0 Å². The van der Waals surface area contributed by atoms with Crippen molar-refractivity contribution < 1.29 is 5.11 Å². The molecule has 1 fully saturated rings. The summed E-state index contributed by atoms with van der Waals surface area (Å²) >= 11 is 0. The van der Waals surface area contributed by atoms with Crippen molar-refractivity contribution in [1.82, 2.24) is 9.88 Å². The lowest BCUT2D eigenvalue weighted by Gasteiger charge is -2.35. The molecular weight excluding hydrogens is 274 g/mol. The molecule has 0 amide bonds. The first-order valence-electron chi connectivity index (χ1n) is 7.97. The lowest BCUT2D eigenvalue weighted by atomic mass is 10.1. The molecule has 0 unspecified atom stereocenters. The molecule has 116 valence electrons. The number of phenolic OH excluding ortho intramolecular Hbond substituents is 1. The number of phenols is 1. The van der Waals surface area contributed by atoms with Gasteiger partial charge in [-0.2, -0.15) is 0 Å². The summed E-state index contributed by atoms with van der Waals surface area (Å²) in [5, 5.41) is 9.48. The highest BCUT2D eigenvalue weighted by molar-refractivity contribution is 5.38. The highest BCUT2D eigenvalue weighted by atomic mass is 16.3. The Balaban J connectivity index is 1.41. The van der Waals surface area contributed by atoms with E-state index in [1.165, 1.54) is 5.56 Å². The molecule has 1 aliphatic heterocycles. The summed E-state index contributed by atoms with van der Waals surface area (Å²) < 4.78 is 0. The zero-order valence-corrected chi connectivity index (χ0v) is 12.9. The van der Waals surface area contributed by atoms with Gasteiger partial charge in [0.15, 0.2) is 0 Å². The lowest BCUT2D eigenvalue weighted by molar-refractivity contribution is 0.254. The van der Waals surface area contributed by atoms with E-state index in [-0.39, 0.29) is 0 Å². The fraction of sp³-hybridized carbons (Fsp3) is 0.389. The molecule has 1 saturated heterocycles. The molecule has 2 heterocycles. The van der Waals surface area contributed by atoms with Gasteiger partial charge in [0.2, 0.25) is 0 Å². The van der Waals surface area contributed by atoms with E-state index in [0.29, 0.717) is 5.75 Å². The first-order chi connectivity index (χ1) is 10.8. The third-order valence-corrected chi connectivity index (χ3v) is 4.20. The minimum absolute atomic E-state index is 0.362. The monoisotopic (exact) mass is 297 g/mol. The minimum atomic E-state index is 0.362. The van der Waals surface area contributed by atoms with Gasteiger partial charge in [-0.3, -0.25) is 4.90 Å². The van der Waals surface area contributed by atoms with Gasteiger partial charge >= 0.3 is 0 Å². The van der Waals surface area contributed by atoms with Gasteiger partial charge in [-0.15, -0.1) is 0 Å². The smallest absolute Gasteiger partial charge is 0.128 e. The molecular formula is C18H23N3O. The Kier molecular flexibility index (Phi) is 4.91. The summed E-state index contributed by atoms with van der Waals surface area (Å²) in [4.78, 5) is 9.29. The Hall–Kier alpha value is -2.07. The van der Waals surface area contributed by atoms with Crippen LogP contribution in [0.25, 0.3) is 0 Å². The average Bonchev–Trinajstić information content (AvgIpc) is 2.56. The van der Waals surface area contributed by atoms with E-state index in [1.807, 2.05) is 30.5 Å². The predicted octanol–water partition coefficient (Wildman–Crippen LogP) is 2.54. The van der Waals surface area contributed by atoms with Gasteiger partial charge in [0.25, 0.3) is 0 Å². The van der Waals surface area contributed by atoms with Gasteiger partial charge in [0, 0.05) is 32.4 Å². The molecule has 1 N–H and O–H groups in total. The van der Waals surface area contributed by atoms with Crippen molar-refractivity contribution >= 4 is 5.82 Å². The molecule has 3 rings (SSSR count). The second-order valence-electron chi connectivity index (χ2n) is 5.79. The van der Waals surface area contributed by atoms with Crippen LogP contribution in [-0.2, 0) is 6.42 Å². The number of anilines is 1. The topological polar surface area (TPSA) is 39.6 Å². The van der Waals surface area contributed by atoms with Crippen LogP contribution in [0.2, 0.25) is 0 Å². The normalized spacial score (nSPS) is 15.9. The molecule has 22 heavy (non-hydrogen) atoms. The molecule has 0 aliphatic carbocycles. The number of aryl methyl sites for hydroxylation is 1. The number of hydrogen-bond donors (Lipinski definition) is 1. The van der Waals surface area contributed by atoms with Crippen molar-refractivity contribution in [1.29, 1.82) is 0 Å². The Morgan fingerprint density at radius 2 is 1.86 bits per heavy atom. The number of hydrogen-bond acceptors (Lipinski definition) is 4. The van der Waals surface area contributed by atoms with E-state index >= 15 is 0 Å². The number of piperazine rings is 1. The quantitative estimate of drug-likeness (QED) is 0.920. The molecule has 2 aromatic rings. The van der Waals surface area contributed by atoms with Gasteiger partial charge in [-0.05, 0) is 49.2 Å². The number of pyridine rings is 1. The Labute approximate surface area is 132 Å². The maximum absolute atomic E-state index is 9.48. The zero-order chi connectivity index (χ0) is 15.2. The van der Waals surface area contributed by atoms with Crippen LogP contribution in [0.1, 0.15) is 12.0 Å². The summed E-state index contributed by atoms with van der Waals surface area (Å²) in [7, 11) is 0. The molecule has 0 bridgehead atoms. The number of nitrogens with zero attached hydrogens (tertiary/aromatic N) is 3. The summed E-state index contributed by atoms with van der Waals surface area (Å²) in [6.07, 6.45) is 4.01. The fourth-order valence-electron chi connectivity index (χ4n) is 2.96. The maximum atomic E-state index is 9.48. The third-order valence-electron chi connectivity index (χ3n) is 4.20. The first-order valence-corrected chi connectivity index (χ1v) is 7.97. The van der Waals surface area contributed by atoms with Crippen molar-refractivity contribution in [3.8, 4) is 5.75 Å². The molecule has 4 heteroatoms. The van der Waals surface area contributed by atoms with Crippen molar-refractivity contribution in [2.45, 2.75) is 12.8 Å². The first kappa shape index (κ1) is 14.9. The van der Waals surface area contributed by atoms with Crippen LogP contribution in [0.4, 0.5) is 5.82 Å². The SMILES string of the molecule is Oc1cccc(CCCN2CCN(c3ccccn3)CC2)c1. The van der Waals surface area contributed by atoms with Gasteiger partial charge in [-0.1, -0.05) is 18.2 Å². The van der Waals surface area contributed by atoms with E-state index in [1.54, 1.807) is 6.07 Å². The molecule has 1 aromatic heterocycles. The largest absolute Gasteiger partial charge is 0.508 e. The fourth-order valence-corrected chi connectivity index (χ4v) is 2.96. The van der Waals surface area contributed by atoms with Gasteiger partial charge < -0.3 is 10.0 Å². The van der Waals surface area contributed by atoms with Crippen molar-refractivity contribution in [2.75, 3.05) is 37.6 Å². The molecule has 4 nitrogen and oxygen atoms in total. The van der Waals surface area contributed by atoms with Crippen LogP contribution in [0.15, 0.2) is 48.7 Å². The van der Waals surface area contributed by atoms with Crippen LogP contribution in [0, 0.1) is 0 Å². The molecule has 0 spiro atoms. The van der Waals surface area contributed by atoms with Crippen LogP contribution in [-0.4, -0.2) is 47.7 Å². The maximum Gasteiger partial charge on any atom is 0.128 e. The van der Waals surface area contributed by atoms with Gasteiger partial charge in [-0.25, -0.2) is 4.98 Å².